The molecule has 0 fully saturated rings. The smallest absolute Gasteiger partial charge is 0.224 e. The van der Waals surface area contributed by atoms with E-state index >= 15 is 0 Å². The van der Waals surface area contributed by atoms with Crippen LogP contribution in [0.3, 0.4) is 0 Å². The molecule has 156 valence electrons. The summed E-state index contributed by atoms with van der Waals surface area (Å²) in [6.07, 6.45) is 2.68. The SMILES string of the molecule is CC(C)(C)S(=O)(=O)c1cn2c(-c3cc(Cl)c(N)nc3F)cnc2cc1OCCO. The molecule has 0 aliphatic rings. The van der Waals surface area contributed by atoms with Crippen molar-refractivity contribution in [1.82, 2.24) is 14.4 Å². The summed E-state index contributed by atoms with van der Waals surface area (Å²) in [4.78, 5) is 7.66. The van der Waals surface area contributed by atoms with Crippen LogP contribution in [0.25, 0.3) is 16.9 Å². The van der Waals surface area contributed by atoms with E-state index in [1.165, 1.54) is 28.9 Å². The van der Waals surface area contributed by atoms with Gasteiger partial charge in [-0.3, -0.25) is 4.40 Å². The average molecular weight is 443 g/mol. The maximum atomic E-state index is 14.4. The van der Waals surface area contributed by atoms with Crippen molar-refractivity contribution in [3.63, 3.8) is 0 Å². The zero-order valence-electron chi connectivity index (χ0n) is 16.0. The topological polar surface area (TPSA) is 120 Å². The number of anilines is 1. The Morgan fingerprint density at radius 3 is 2.66 bits per heavy atom. The lowest BCUT2D eigenvalue weighted by Crippen LogP contribution is -2.28. The lowest BCUT2D eigenvalue weighted by Gasteiger charge is -2.21. The Bertz CT molecular complexity index is 1190. The number of ether oxygens (including phenoxy) is 1. The maximum Gasteiger partial charge on any atom is 0.224 e. The molecule has 0 unspecified atom stereocenters. The second-order valence-electron chi connectivity index (χ2n) is 7.26. The first-order chi connectivity index (χ1) is 13.5. The third kappa shape index (κ3) is 3.75. The highest BCUT2D eigenvalue weighted by Crippen LogP contribution is 2.35. The predicted octanol–water partition coefficient (Wildman–Crippen LogP) is 2.71. The van der Waals surface area contributed by atoms with Crippen molar-refractivity contribution in [1.29, 1.82) is 0 Å². The number of rotatable bonds is 5. The number of pyridine rings is 2. The molecular formula is C18H20ClFN4O4S. The fourth-order valence-corrected chi connectivity index (χ4v) is 4.08. The highest BCUT2D eigenvalue weighted by Gasteiger charge is 2.34. The zero-order valence-corrected chi connectivity index (χ0v) is 17.6. The first-order valence-corrected chi connectivity index (χ1v) is 10.4. The van der Waals surface area contributed by atoms with Gasteiger partial charge in [-0.15, -0.1) is 0 Å². The van der Waals surface area contributed by atoms with E-state index in [-0.39, 0.29) is 46.0 Å². The summed E-state index contributed by atoms with van der Waals surface area (Å²) in [6, 6.07) is 2.72. The predicted molar refractivity (Wildman–Crippen MR) is 107 cm³/mol. The van der Waals surface area contributed by atoms with Crippen molar-refractivity contribution < 1.29 is 22.7 Å². The quantitative estimate of drug-likeness (QED) is 0.583. The molecule has 0 saturated heterocycles. The van der Waals surface area contributed by atoms with E-state index in [4.69, 9.17) is 27.2 Å². The molecule has 0 bridgehead atoms. The third-order valence-electron chi connectivity index (χ3n) is 4.25. The molecule has 3 rings (SSSR count). The number of nitrogens with two attached hydrogens (primary N) is 1. The van der Waals surface area contributed by atoms with Crippen LogP contribution in [-0.2, 0) is 9.84 Å². The van der Waals surface area contributed by atoms with Crippen LogP contribution in [0.2, 0.25) is 5.02 Å². The highest BCUT2D eigenvalue weighted by atomic mass is 35.5. The minimum atomic E-state index is -3.84. The molecule has 3 N–H and O–H groups in total. The second kappa shape index (κ2) is 7.43. The minimum Gasteiger partial charge on any atom is -0.490 e. The van der Waals surface area contributed by atoms with Gasteiger partial charge in [0.2, 0.25) is 5.95 Å². The number of aliphatic hydroxyl groups excluding tert-OH is 1. The van der Waals surface area contributed by atoms with Crippen molar-refractivity contribution in [3.8, 4) is 17.0 Å². The van der Waals surface area contributed by atoms with Crippen molar-refractivity contribution >= 4 is 32.9 Å². The van der Waals surface area contributed by atoms with Gasteiger partial charge in [0.15, 0.2) is 9.84 Å². The third-order valence-corrected chi connectivity index (χ3v) is 7.05. The lowest BCUT2D eigenvalue weighted by molar-refractivity contribution is 0.198. The van der Waals surface area contributed by atoms with Crippen LogP contribution in [0, 0.1) is 5.95 Å². The van der Waals surface area contributed by atoms with E-state index in [0.29, 0.717) is 5.65 Å². The monoisotopic (exact) mass is 442 g/mol. The summed E-state index contributed by atoms with van der Waals surface area (Å²) in [6.45, 7) is 4.28. The van der Waals surface area contributed by atoms with E-state index in [1.807, 2.05) is 0 Å². The van der Waals surface area contributed by atoms with E-state index in [9.17, 15) is 12.8 Å². The van der Waals surface area contributed by atoms with Crippen molar-refractivity contribution in [2.45, 2.75) is 30.4 Å². The zero-order chi connectivity index (χ0) is 21.6. The van der Waals surface area contributed by atoms with Crippen LogP contribution in [0.4, 0.5) is 10.2 Å². The van der Waals surface area contributed by atoms with Gasteiger partial charge in [-0.25, -0.2) is 18.4 Å². The molecule has 3 heterocycles. The Balaban J connectivity index is 2.31. The second-order valence-corrected chi connectivity index (χ2v) is 10.3. The normalized spacial score (nSPS) is 12.5. The van der Waals surface area contributed by atoms with E-state index in [0.717, 1.165) is 0 Å². The molecule has 0 spiro atoms. The summed E-state index contributed by atoms with van der Waals surface area (Å²) in [5.74, 6) is -0.973. The number of aliphatic hydroxyl groups is 1. The van der Waals surface area contributed by atoms with E-state index < -0.39 is 20.5 Å². The molecule has 3 aromatic rings. The summed E-state index contributed by atoms with van der Waals surface area (Å²) >= 11 is 5.98. The van der Waals surface area contributed by atoms with Gasteiger partial charge in [-0.1, -0.05) is 11.6 Å². The molecule has 3 aromatic heterocycles. The molecule has 8 nitrogen and oxygen atoms in total. The Morgan fingerprint density at radius 1 is 1.34 bits per heavy atom. The number of imidazole rings is 1. The first kappa shape index (κ1) is 21.3. The molecule has 11 heteroatoms. The number of nitrogen functional groups attached to an aromatic ring is 1. The van der Waals surface area contributed by atoms with Crippen LogP contribution < -0.4 is 10.5 Å². The molecule has 0 aliphatic carbocycles. The molecule has 0 amide bonds. The number of hydrogen-bond donors (Lipinski definition) is 2. The van der Waals surface area contributed by atoms with Gasteiger partial charge in [0, 0.05) is 12.3 Å². The van der Waals surface area contributed by atoms with Gasteiger partial charge < -0.3 is 15.6 Å². The lowest BCUT2D eigenvalue weighted by atomic mass is 10.2. The van der Waals surface area contributed by atoms with Crippen molar-refractivity contribution in [2.75, 3.05) is 18.9 Å². The summed E-state index contributed by atoms with van der Waals surface area (Å²) in [7, 11) is -3.84. The molecular weight excluding hydrogens is 423 g/mol. The Morgan fingerprint density at radius 2 is 2.03 bits per heavy atom. The van der Waals surface area contributed by atoms with Crippen LogP contribution in [0.5, 0.6) is 5.75 Å². The molecule has 0 atom stereocenters. The number of nitrogens with zero attached hydrogens (tertiary/aromatic N) is 3. The number of sulfone groups is 1. The van der Waals surface area contributed by atoms with Crippen molar-refractivity contribution in [2.24, 2.45) is 0 Å². The van der Waals surface area contributed by atoms with Crippen LogP contribution in [0.1, 0.15) is 20.8 Å². The van der Waals surface area contributed by atoms with Crippen LogP contribution >= 0.6 is 11.6 Å². The Kier molecular flexibility index (Phi) is 5.46. The van der Waals surface area contributed by atoms with Gasteiger partial charge in [0.25, 0.3) is 0 Å². The summed E-state index contributed by atoms with van der Waals surface area (Å²) in [5, 5.41) is 9.12. The molecule has 29 heavy (non-hydrogen) atoms. The number of hydrogen-bond acceptors (Lipinski definition) is 7. The Hall–Kier alpha value is -2.43. The largest absolute Gasteiger partial charge is 0.490 e. The van der Waals surface area contributed by atoms with E-state index in [1.54, 1.807) is 20.8 Å². The van der Waals surface area contributed by atoms with Gasteiger partial charge in [-0.05, 0) is 26.8 Å². The maximum absolute atomic E-state index is 14.4. The number of halogens is 2. The number of aromatic nitrogens is 3. The summed E-state index contributed by atoms with van der Waals surface area (Å²) < 4.78 is 46.4. The standard InChI is InChI=1S/C18H20ClFN4O4S/c1-18(2,3)29(26,27)14-9-24-12(10-6-11(19)17(21)23-16(10)20)8-22-15(24)7-13(14)28-5-4-25/h6-9,25H,4-5H2,1-3H3,(H2,21,23). The number of fused-ring (bicyclic) bond motifs is 1. The Labute approximate surface area is 172 Å². The minimum absolute atomic E-state index is 0.0137. The fourth-order valence-electron chi connectivity index (χ4n) is 2.65. The van der Waals surface area contributed by atoms with Crippen LogP contribution in [-0.4, -0.2) is 45.9 Å². The fraction of sp³-hybridized carbons (Fsp3) is 0.333. The van der Waals surface area contributed by atoms with Gasteiger partial charge in [-0.2, -0.15) is 4.39 Å². The summed E-state index contributed by atoms with van der Waals surface area (Å²) in [5.41, 5.74) is 6.10. The van der Waals surface area contributed by atoms with Gasteiger partial charge in [0.05, 0.1) is 33.8 Å². The van der Waals surface area contributed by atoms with Crippen LogP contribution in [0.15, 0.2) is 29.4 Å². The average Bonchev–Trinajstić information content (AvgIpc) is 3.03. The molecule has 0 aromatic carbocycles. The molecule has 0 radical (unpaired) electrons. The molecule has 0 saturated carbocycles. The van der Waals surface area contributed by atoms with E-state index in [2.05, 4.69) is 9.97 Å². The van der Waals surface area contributed by atoms with Gasteiger partial charge >= 0.3 is 0 Å². The highest BCUT2D eigenvalue weighted by molar-refractivity contribution is 7.92. The van der Waals surface area contributed by atoms with Crippen molar-refractivity contribution in [3.05, 3.63) is 35.5 Å². The first-order valence-electron chi connectivity index (χ1n) is 8.58. The van der Waals surface area contributed by atoms with Gasteiger partial charge in [0.1, 0.15) is 28.7 Å². The molecule has 0 aliphatic heterocycles.